The van der Waals surface area contributed by atoms with E-state index < -0.39 is 0 Å². The molecular formula is C25H27N5O2. The van der Waals surface area contributed by atoms with Gasteiger partial charge in [-0.2, -0.15) is 5.10 Å². The van der Waals surface area contributed by atoms with E-state index in [0.29, 0.717) is 6.54 Å². The predicted molar refractivity (Wildman–Crippen MR) is 124 cm³/mol. The van der Waals surface area contributed by atoms with Gasteiger partial charge in [-0.15, -0.1) is 0 Å². The van der Waals surface area contributed by atoms with E-state index in [4.69, 9.17) is 0 Å². The van der Waals surface area contributed by atoms with Gasteiger partial charge in [0.25, 0.3) is 0 Å². The van der Waals surface area contributed by atoms with Gasteiger partial charge < -0.3 is 10.3 Å². The van der Waals surface area contributed by atoms with Crippen molar-refractivity contribution >= 4 is 16.9 Å². The molecule has 0 saturated heterocycles. The van der Waals surface area contributed by atoms with Crippen LogP contribution in [0.3, 0.4) is 0 Å². The molecule has 0 spiro atoms. The molecule has 5 rings (SSSR count). The van der Waals surface area contributed by atoms with Crippen LogP contribution in [0, 0.1) is 5.41 Å². The van der Waals surface area contributed by atoms with Gasteiger partial charge >= 0.3 is 5.69 Å². The van der Waals surface area contributed by atoms with Gasteiger partial charge in [-0.25, -0.2) is 9.48 Å². The zero-order valence-electron chi connectivity index (χ0n) is 18.3. The Morgan fingerprint density at radius 2 is 1.91 bits per heavy atom. The molecule has 1 amide bonds. The third-order valence-electron chi connectivity index (χ3n) is 6.26. The van der Waals surface area contributed by atoms with Crippen molar-refractivity contribution in [2.45, 2.75) is 45.7 Å². The second-order valence-electron chi connectivity index (χ2n) is 9.31. The number of hydrogen-bond acceptors (Lipinski definition) is 3. The van der Waals surface area contributed by atoms with Crippen LogP contribution in [0.2, 0.25) is 0 Å². The first-order valence-corrected chi connectivity index (χ1v) is 11.0. The fourth-order valence-corrected chi connectivity index (χ4v) is 4.77. The highest BCUT2D eigenvalue weighted by atomic mass is 16.2. The third kappa shape index (κ3) is 3.75. The number of nitrogens with one attached hydrogen (secondary N) is 2. The van der Waals surface area contributed by atoms with Crippen LogP contribution in [0.4, 0.5) is 0 Å². The first kappa shape index (κ1) is 20.3. The molecule has 1 atom stereocenters. The van der Waals surface area contributed by atoms with Crippen LogP contribution in [0.15, 0.2) is 65.6 Å². The summed E-state index contributed by atoms with van der Waals surface area (Å²) in [7, 11) is 0. The van der Waals surface area contributed by atoms with E-state index in [0.717, 1.165) is 40.8 Å². The minimum atomic E-state index is -0.191. The number of aromatic amines is 1. The Morgan fingerprint density at radius 1 is 1.16 bits per heavy atom. The number of carbonyl (C=O) groups excluding carboxylic acids is 1. The van der Waals surface area contributed by atoms with Gasteiger partial charge in [0.2, 0.25) is 5.91 Å². The molecule has 0 saturated carbocycles. The minimum absolute atomic E-state index is 0.0330. The fraction of sp³-hybridized carbons (Fsp3) is 0.320. The number of carbonyl (C=O) groups is 1. The quantitative estimate of drug-likeness (QED) is 0.507. The summed E-state index contributed by atoms with van der Waals surface area (Å²) in [6.45, 7) is 4.78. The molecule has 4 aromatic rings. The molecule has 1 aliphatic rings. The van der Waals surface area contributed by atoms with Crippen LogP contribution in [-0.4, -0.2) is 25.2 Å². The van der Waals surface area contributed by atoms with E-state index in [1.54, 1.807) is 4.57 Å². The highest BCUT2D eigenvalue weighted by Crippen LogP contribution is 2.41. The Labute approximate surface area is 186 Å². The van der Waals surface area contributed by atoms with E-state index in [-0.39, 0.29) is 29.5 Å². The SMILES string of the molecule is CC1(C)Cc2c(cnn2-c2ccccc2)C(NC(=O)CCn2c(=O)[nH]c3ccccc32)C1. The molecule has 2 aromatic heterocycles. The highest BCUT2D eigenvalue weighted by Gasteiger charge is 2.36. The number of para-hydroxylation sites is 3. The number of H-pyrrole nitrogens is 1. The molecule has 7 nitrogen and oxygen atoms in total. The van der Waals surface area contributed by atoms with Gasteiger partial charge in [-0.1, -0.05) is 44.2 Å². The van der Waals surface area contributed by atoms with Gasteiger partial charge in [-0.05, 0) is 42.5 Å². The van der Waals surface area contributed by atoms with Crippen molar-refractivity contribution in [3.05, 3.63) is 82.5 Å². The van der Waals surface area contributed by atoms with E-state index in [2.05, 4.69) is 29.2 Å². The number of imidazole rings is 1. The molecule has 2 heterocycles. The lowest BCUT2D eigenvalue weighted by atomic mass is 9.74. The fourth-order valence-electron chi connectivity index (χ4n) is 4.77. The Bertz CT molecular complexity index is 1330. The van der Waals surface area contributed by atoms with E-state index in [1.165, 1.54) is 0 Å². The second kappa shape index (κ2) is 7.82. The molecule has 32 heavy (non-hydrogen) atoms. The second-order valence-corrected chi connectivity index (χ2v) is 9.31. The summed E-state index contributed by atoms with van der Waals surface area (Å²) in [5.74, 6) is -0.0664. The number of fused-ring (bicyclic) bond motifs is 2. The number of aryl methyl sites for hydroxylation is 1. The summed E-state index contributed by atoms with van der Waals surface area (Å²) in [6, 6.07) is 17.5. The average molecular weight is 430 g/mol. The molecule has 164 valence electrons. The molecule has 1 unspecified atom stereocenters. The summed E-state index contributed by atoms with van der Waals surface area (Å²) in [5.41, 5.74) is 4.68. The molecule has 7 heteroatoms. The van der Waals surface area contributed by atoms with Crippen LogP contribution < -0.4 is 11.0 Å². The van der Waals surface area contributed by atoms with Crippen molar-refractivity contribution in [3.63, 3.8) is 0 Å². The topological polar surface area (TPSA) is 84.7 Å². The van der Waals surface area contributed by atoms with Crippen molar-refractivity contribution in [1.82, 2.24) is 24.6 Å². The molecule has 0 bridgehead atoms. The average Bonchev–Trinajstić information content (AvgIpc) is 3.32. The molecular weight excluding hydrogens is 402 g/mol. The number of aromatic nitrogens is 4. The zero-order chi connectivity index (χ0) is 22.3. The Morgan fingerprint density at radius 3 is 2.72 bits per heavy atom. The largest absolute Gasteiger partial charge is 0.349 e. The maximum absolute atomic E-state index is 12.9. The molecule has 0 aliphatic heterocycles. The monoisotopic (exact) mass is 429 g/mol. The first-order chi connectivity index (χ1) is 15.4. The normalized spacial score (nSPS) is 17.2. The summed E-state index contributed by atoms with van der Waals surface area (Å²) < 4.78 is 3.61. The number of hydrogen-bond donors (Lipinski definition) is 2. The van der Waals surface area contributed by atoms with Crippen molar-refractivity contribution in [2.75, 3.05) is 0 Å². The van der Waals surface area contributed by atoms with Crippen molar-refractivity contribution in [2.24, 2.45) is 5.41 Å². The molecule has 0 fully saturated rings. The van der Waals surface area contributed by atoms with Crippen LogP contribution in [0.25, 0.3) is 16.7 Å². The Balaban J connectivity index is 1.35. The molecule has 2 N–H and O–H groups in total. The maximum Gasteiger partial charge on any atom is 0.326 e. The summed E-state index contributed by atoms with van der Waals surface area (Å²) in [4.78, 5) is 28.0. The van der Waals surface area contributed by atoms with Gasteiger partial charge in [0.1, 0.15) is 0 Å². The molecule has 0 radical (unpaired) electrons. The Hall–Kier alpha value is -3.61. The van der Waals surface area contributed by atoms with Crippen molar-refractivity contribution in [1.29, 1.82) is 0 Å². The first-order valence-electron chi connectivity index (χ1n) is 11.0. The summed E-state index contributed by atoms with van der Waals surface area (Å²) in [6.07, 6.45) is 3.86. The van der Waals surface area contributed by atoms with Crippen LogP contribution >= 0.6 is 0 Å². The standard InChI is InChI=1S/C25H27N5O2/c1-25(2)14-20(18-16-26-30(22(18)15-25)17-8-4-3-5-9-17)27-23(31)12-13-29-21-11-7-6-10-19(21)28-24(29)32/h3-11,16,20H,12-15H2,1-2H3,(H,27,31)(H,28,32). The molecule has 2 aromatic carbocycles. The Kier molecular flexibility index (Phi) is 4.96. The lowest BCUT2D eigenvalue weighted by Crippen LogP contribution is -2.37. The predicted octanol–water partition coefficient (Wildman–Crippen LogP) is 3.74. The van der Waals surface area contributed by atoms with E-state index >= 15 is 0 Å². The van der Waals surface area contributed by atoms with E-state index in [1.807, 2.05) is 65.5 Å². The lowest BCUT2D eigenvalue weighted by Gasteiger charge is -2.36. The lowest BCUT2D eigenvalue weighted by molar-refractivity contribution is -0.122. The van der Waals surface area contributed by atoms with Gasteiger partial charge in [0.05, 0.1) is 34.7 Å². The maximum atomic E-state index is 12.9. The number of benzene rings is 2. The summed E-state index contributed by atoms with van der Waals surface area (Å²) >= 11 is 0. The van der Waals surface area contributed by atoms with Gasteiger partial charge in [0.15, 0.2) is 0 Å². The third-order valence-corrected chi connectivity index (χ3v) is 6.26. The number of nitrogens with zero attached hydrogens (tertiary/aromatic N) is 3. The number of amides is 1. The van der Waals surface area contributed by atoms with Crippen LogP contribution in [0.5, 0.6) is 0 Å². The van der Waals surface area contributed by atoms with Crippen LogP contribution in [-0.2, 0) is 17.8 Å². The smallest absolute Gasteiger partial charge is 0.326 e. The van der Waals surface area contributed by atoms with Crippen molar-refractivity contribution in [3.8, 4) is 5.69 Å². The minimum Gasteiger partial charge on any atom is -0.349 e. The van der Waals surface area contributed by atoms with Crippen LogP contribution in [0.1, 0.15) is 44.0 Å². The van der Waals surface area contributed by atoms with Crippen molar-refractivity contribution < 1.29 is 4.79 Å². The summed E-state index contributed by atoms with van der Waals surface area (Å²) in [5, 5.41) is 7.85. The molecule has 1 aliphatic carbocycles. The zero-order valence-corrected chi connectivity index (χ0v) is 18.3. The van der Waals surface area contributed by atoms with E-state index in [9.17, 15) is 9.59 Å². The highest BCUT2D eigenvalue weighted by molar-refractivity contribution is 5.78. The number of rotatable bonds is 5. The van der Waals surface area contributed by atoms with Gasteiger partial charge in [-0.3, -0.25) is 9.36 Å². The van der Waals surface area contributed by atoms with Gasteiger partial charge in [0, 0.05) is 18.5 Å².